The van der Waals surface area contributed by atoms with E-state index in [1.54, 1.807) is 0 Å². The van der Waals surface area contributed by atoms with Gasteiger partial charge in [-0.15, -0.1) is 0 Å². The quantitative estimate of drug-likeness (QED) is 0.675. The van der Waals surface area contributed by atoms with Gasteiger partial charge >= 0.3 is 11.1 Å². The van der Waals surface area contributed by atoms with E-state index in [9.17, 15) is 23.1 Å². The van der Waals surface area contributed by atoms with Crippen molar-refractivity contribution in [3.05, 3.63) is 34.7 Å². The maximum absolute atomic E-state index is 12.1. The molecule has 0 spiro atoms. The summed E-state index contributed by atoms with van der Waals surface area (Å²) in [7, 11) is 0.147. The van der Waals surface area contributed by atoms with Gasteiger partial charge in [0.05, 0.1) is 11.5 Å². The Labute approximate surface area is 106 Å². The van der Waals surface area contributed by atoms with E-state index >= 15 is 0 Å². The third kappa shape index (κ3) is 2.94. The fourth-order valence-corrected chi connectivity index (χ4v) is 2.91. The Morgan fingerprint density at radius 1 is 1.28 bits per heavy atom. The van der Waals surface area contributed by atoms with Crippen LogP contribution >= 0.6 is 21.6 Å². The smallest absolute Gasteiger partial charge is 0.452 e. The van der Waals surface area contributed by atoms with E-state index in [0.29, 0.717) is 10.8 Å². The van der Waals surface area contributed by atoms with Crippen LogP contribution in [0.15, 0.2) is 38.4 Å². The van der Waals surface area contributed by atoms with Crippen LogP contribution in [0.5, 0.6) is 5.75 Å². The van der Waals surface area contributed by atoms with Crippen molar-refractivity contribution < 1.29 is 22.7 Å². The average molecular weight is 294 g/mol. The highest BCUT2D eigenvalue weighted by atomic mass is 33.1. The Bertz CT molecular complexity index is 636. The lowest BCUT2D eigenvalue weighted by Gasteiger charge is -2.07. The monoisotopic (exact) mass is 294 g/mol. The number of halogens is 3. The molecule has 0 amide bonds. The predicted octanol–water partition coefficient (Wildman–Crippen LogP) is 3.76. The summed E-state index contributed by atoms with van der Waals surface area (Å²) in [6.45, 7) is 0. The van der Waals surface area contributed by atoms with Crippen LogP contribution in [0.3, 0.4) is 0 Å². The van der Waals surface area contributed by atoms with Crippen LogP contribution in [0, 0.1) is 0 Å². The third-order valence-electron chi connectivity index (χ3n) is 1.94. The van der Waals surface area contributed by atoms with Crippen LogP contribution < -0.4 is 5.63 Å². The molecule has 3 nitrogen and oxygen atoms in total. The Morgan fingerprint density at radius 2 is 2.00 bits per heavy atom. The molecule has 96 valence electrons. The lowest BCUT2D eigenvalue weighted by molar-refractivity contribution is -0.0311. The van der Waals surface area contributed by atoms with Crippen LogP contribution in [0.4, 0.5) is 13.2 Å². The SMILES string of the molecule is O=c1cc(O)c2c(SSC(F)(F)F)cccc2o1. The first-order valence-electron chi connectivity index (χ1n) is 4.55. The zero-order valence-electron chi connectivity index (χ0n) is 8.52. The Hall–Kier alpha value is -1.28. The highest BCUT2D eigenvalue weighted by Crippen LogP contribution is 2.46. The minimum absolute atomic E-state index is 0.0489. The molecule has 0 aliphatic carbocycles. The van der Waals surface area contributed by atoms with Crippen LogP contribution in [-0.4, -0.2) is 10.6 Å². The van der Waals surface area contributed by atoms with Gasteiger partial charge in [-0.05, 0) is 22.9 Å². The summed E-state index contributed by atoms with van der Waals surface area (Å²) < 4.78 is 41.1. The number of alkyl halides is 3. The van der Waals surface area contributed by atoms with E-state index in [4.69, 9.17) is 4.42 Å². The van der Waals surface area contributed by atoms with E-state index in [-0.39, 0.29) is 26.7 Å². The number of benzene rings is 1. The van der Waals surface area contributed by atoms with Gasteiger partial charge < -0.3 is 9.52 Å². The zero-order chi connectivity index (χ0) is 13.3. The molecule has 18 heavy (non-hydrogen) atoms. The van der Waals surface area contributed by atoms with Crippen LogP contribution in [0.25, 0.3) is 11.0 Å². The molecule has 2 aromatic rings. The average Bonchev–Trinajstić information content (AvgIpc) is 2.24. The van der Waals surface area contributed by atoms with Crippen molar-refractivity contribution in [2.45, 2.75) is 10.4 Å². The van der Waals surface area contributed by atoms with E-state index in [1.165, 1.54) is 18.2 Å². The van der Waals surface area contributed by atoms with Crippen molar-refractivity contribution in [1.82, 2.24) is 0 Å². The number of hydrogen-bond donors (Lipinski definition) is 1. The number of hydrogen-bond acceptors (Lipinski definition) is 5. The van der Waals surface area contributed by atoms with Gasteiger partial charge in [0.2, 0.25) is 0 Å². The molecule has 1 N–H and O–H groups in total. The molecule has 0 aliphatic heterocycles. The number of rotatable bonds is 2. The highest BCUT2D eigenvalue weighted by molar-refractivity contribution is 8.77. The third-order valence-corrected chi connectivity index (χ3v) is 4.08. The van der Waals surface area contributed by atoms with Gasteiger partial charge in [0.15, 0.2) is 0 Å². The second kappa shape index (κ2) is 4.77. The van der Waals surface area contributed by atoms with Crippen molar-refractivity contribution in [1.29, 1.82) is 0 Å². The van der Waals surface area contributed by atoms with Crippen LogP contribution in [0.1, 0.15) is 0 Å². The molecule has 8 heteroatoms. The molecule has 1 aromatic heterocycles. The zero-order valence-corrected chi connectivity index (χ0v) is 10.2. The second-order valence-corrected chi connectivity index (χ2v) is 5.43. The molecule has 0 atom stereocenters. The Balaban J connectivity index is 2.48. The van der Waals surface area contributed by atoms with Crippen molar-refractivity contribution in [2.24, 2.45) is 0 Å². The van der Waals surface area contributed by atoms with E-state index in [0.717, 1.165) is 6.07 Å². The largest absolute Gasteiger partial charge is 0.507 e. The normalized spacial score (nSPS) is 11.9. The number of fused-ring (bicyclic) bond motifs is 1. The molecular formula is C10H5F3O3S2. The van der Waals surface area contributed by atoms with E-state index in [1.807, 2.05) is 0 Å². The lowest BCUT2D eigenvalue weighted by Crippen LogP contribution is -1.97. The maximum atomic E-state index is 12.1. The fraction of sp³-hybridized carbons (Fsp3) is 0.100. The molecular weight excluding hydrogens is 289 g/mol. The molecule has 0 radical (unpaired) electrons. The molecule has 0 bridgehead atoms. The van der Waals surface area contributed by atoms with Crippen molar-refractivity contribution in [3.63, 3.8) is 0 Å². The standard InChI is InChI=1S/C10H5F3O3S2/c11-10(12,13)18-17-7-3-1-2-6-9(7)5(14)4-8(15)16-6/h1-4,14H. The van der Waals surface area contributed by atoms with Gasteiger partial charge in [-0.3, -0.25) is 0 Å². The van der Waals surface area contributed by atoms with Gasteiger partial charge in [0.25, 0.3) is 0 Å². The summed E-state index contributed by atoms with van der Waals surface area (Å²) in [6, 6.07) is 5.08. The lowest BCUT2D eigenvalue weighted by atomic mass is 10.2. The topological polar surface area (TPSA) is 50.4 Å². The predicted molar refractivity (Wildman–Crippen MR) is 63.7 cm³/mol. The minimum atomic E-state index is -4.39. The fourth-order valence-electron chi connectivity index (χ4n) is 1.33. The molecule has 0 fully saturated rings. The highest BCUT2D eigenvalue weighted by Gasteiger charge is 2.29. The van der Waals surface area contributed by atoms with Gasteiger partial charge in [0, 0.05) is 15.7 Å². The summed E-state index contributed by atoms with van der Waals surface area (Å²) in [5.74, 6) is -0.396. The summed E-state index contributed by atoms with van der Waals surface area (Å²) in [6.07, 6.45) is 0. The summed E-state index contributed by atoms with van der Waals surface area (Å²) >= 11 is 0. The van der Waals surface area contributed by atoms with Gasteiger partial charge in [0.1, 0.15) is 11.3 Å². The second-order valence-electron chi connectivity index (χ2n) is 3.19. The molecule has 0 saturated heterocycles. The van der Waals surface area contributed by atoms with E-state index < -0.39 is 16.9 Å². The Kier molecular flexibility index (Phi) is 3.49. The van der Waals surface area contributed by atoms with Crippen molar-refractivity contribution >= 4 is 32.6 Å². The van der Waals surface area contributed by atoms with Crippen molar-refractivity contribution in [3.8, 4) is 5.75 Å². The minimum Gasteiger partial charge on any atom is -0.507 e. The number of aromatic hydroxyl groups is 1. The first-order valence-corrected chi connectivity index (χ1v) is 6.70. The van der Waals surface area contributed by atoms with Crippen LogP contribution in [0.2, 0.25) is 0 Å². The molecule has 0 saturated carbocycles. The van der Waals surface area contributed by atoms with Crippen molar-refractivity contribution in [2.75, 3.05) is 0 Å². The molecule has 0 aliphatic rings. The van der Waals surface area contributed by atoms with Gasteiger partial charge in [-0.1, -0.05) is 6.07 Å². The van der Waals surface area contributed by atoms with Gasteiger partial charge in [-0.25, -0.2) is 4.79 Å². The first-order chi connectivity index (χ1) is 8.37. The Morgan fingerprint density at radius 3 is 2.67 bits per heavy atom. The van der Waals surface area contributed by atoms with Crippen LogP contribution in [-0.2, 0) is 0 Å². The van der Waals surface area contributed by atoms with Gasteiger partial charge in [-0.2, -0.15) is 13.2 Å². The summed E-state index contributed by atoms with van der Waals surface area (Å²) in [5.41, 5.74) is -5.10. The molecule has 0 unspecified atom stereocenters. The molecule has 1 aromatic carbocycles. The molecule has 1 heterocycles. The summed E-state index contributed by atoms with van der Waals surface area (Å²) in [5, 5.41) is 9.69. The summed E-state index contributed by atoms with van der Waals surface area (Å²) in [4.78, 5) is 11.2. The maximum Gasteiger partial charge on any atom is 0.452 e. The van der Waals surface area contributed by atoms with E-state index in [2.05, 4.69) is 0 Å². The first kappa shape index (κ1) is 13.2. The molecule has 2 rings (SSSR count).